The van der Waals surface area contributed by atoms with Crippen molar-refractivity contribution in [1.29, 1.82) is 0 Å². The lowest BCUT2D eigenvalue weighted by molar-refractivity contribution is -0.156. The zero-order valence-corrected chi connectivity index (χ0v) is 18.1. The minimum Gasteiger partial charge on any atom is -0.477 e. The van der Waals surface area contributed by atoms with Gasteiger partial charge in [-0.2, -0.15) is 0 Å². The largest absolute Gasteiger partial charge is 0.477 e. The summed E-state index contributed by atoms with van der Waals surface area (Å²) >= 11 is 0.995. The van der Waals surface area contributed by atoms with E-state index in [1.165, 1.54) is 0 Å². The Bertz CT molecular complexity index is 947. The molecule has 3 atom stereocenters. The fourth-order valence-electron chi connectivity index (χ4n) is 3.48. The minimum atomic E-state index is -0.876. The monoisotopic (exact) mass is 456 g/mol. The van der Waals surface area contributed by atoms with Crippen molar-refractivity contribution in [3.8, 4) is 5.75 Å². The molecule has 4 rings (SSSR count). The highest BCUT2D eigenvalue weighted by atomic mass is 32.2. The lowest BCUT2D eigenvalue weighted by Crippen LogP contribution is -2.54. The van der Waals surface area contributed by atoms with Crippen LogP contribution in [0.3, 0.4) is 0 Å². The fourth-order valence-corrected chi connectivity index (χ4v) is 4.34. The van der Waals surface area contributed by atoms with Crippen molar-refractivity contribution in [1.82, 2.24) is 10.6 Å². The summed E-state index contributed by atoms with van der Waals surface area (Å²) in [6.07, 6.45) is -0.443. The highest BCUT2D eigenvalue weighted by Crippen LogP contribution is 2.24. The van der Waals surface area contributed by atoms with Gasteiger partial charge in [0, 0.05) is 6.54 Å². The number of carbonyl (C=O) groups excluding carboxylic acids is 3. The van der Waals surface area contributed by atoms with E-state index in [1.54, 1.807) is 12.1 Å². The lowest BCUT2D eigenvalue weighted by Gasteiger charge is -2.30. The summed E-state index contributed by atoms with van der Waals surface area (Å²) in [7, 11) is 0. The molecule has 2 heterocycles. The predicted molar refractivity (Wildman–Crippen MR) is 118 cm³/mol. The van der Waals surface area contributed by atoms with Crippen molar-refractivity contribution in [2.24, 2.45) is 0 Å². The molecule has 2 aromatic rings. The van der Waals surface area contributed by atoms with E-state index in [9.17, 15) is 14.4 Å². The van der Waals surface area contributed by atoms with Crippen LogP contribution in [0.5, 0.6) is 5.75 Å². The average Bonchev–Trinajstić information content (AvgIpc) is 3.14. The number of rotatable bonds is 8. The molecule has 2 fully saturated rings. The van der Waals surface area contributed by atoms with E-state index in [2.05, 4.69) is 10.6 Å². The number of hydrogen-bond donors (Lipinski definition) is 2. The molecule has 0 saturated carbocycles. The van der Waals surface area contributed by atoms with Crippen LogP contribution in [-0.2, 0) is 32.1 Å². The van der Waals surface area contributed by atoms with E-state index in [-0.39, 0.29) is 23.8 Å². The topological polar surface area (TPSA) is 103 Å². The van der Waals surface area contributed by atoms with Gasteiger partial charge in [0.2, 0.25) is 12.0 Å². The molecule has 2 amide bonds. The van der Waals surface area contributed by atoms with Crippen LogP contribution in [0.15, 0.2) is 54.6 Å². The molecule has 0 spiro atoms. The van der Waals surface area contributed by atoms with E-state index < -0.39 is 17.3 Å². The number of carbonyl (C=O) groups is 3. The van der Waals surface area contributed by atoms with Gasteiger partial charge in [-0.05, 0) is 29.7 Å². The van der Waals surface area contributed by atoms with E-state index in [4.69, 9.17) is 14.2 Å². The van der Waals surface area contributed by atoms with E-state index >= 15 is 0 Å². The Morgan fingerprint density at radius 1 is 1.09 bits per heavy atom. The molecular weight excluding hydrogens is 432 g/mol. The zero-order chi connectivity index (χ0) is 22.3. The number of imide groups is 1. The minimum absolute atomic E-state index is 0.159. The Morgan fingerprint density at radius 2 is 1.88 bits per heavy atom. The van der Waals surface area contributed by atoms with E-state index in [0.29, 0.717) is 31.9 Å². The molecule has 0 bridgehead atoms. The number of amides is 2. The van der Waals surface area contributed by atoms with Crippen molar-refractivity contribution < 1.29 is 28.6 Å². The van der Waals surface area contributed by atoms with Crippen LogP contribution in [-0.4, -0.2) is 54.3 Å². The van der Waals surface area contributed by atoms with Gasteiger partial charge in [0.1, 0.15) is 12.4 Å². The molecule has 168 valence electrons. The summed E-state index contributed by atoms with van der Waals surface area (Å²) in [5, 5.41) is 4.79. The Hall–Kier alpha value is -2.88. The second-order valence-corrected chi connectivity index (χ2v) is 8.67. The molecule has 0 radical (unpaired) electrons. The molecule has 0 aliphatic carbocycles. The van der Waals surface area contributed by atoms with Crippen LogP contribution < -0.4 is 15.4 Å². The molecule has 2 N–H and O–H groups in total. The van der Waals surface area contributed by atoms with Gasteiger partial charge >= 0.3 is 5.97 Å². The van der Waals surface area contributed by atoms with Crippen molar-refractivity contribution in [2.75, 3.05) is 19.8 Å². The Kier molecular flexibility index (Phi) is 7.41. The van der Waals surface area contributed by atoms with Gasteiger partial charge in [0.25, 0.3) is 5.24 Å². The number of hydrogen-bond acceptors (Lipinski definition) is 8. The standard InChI is InChI=1S/C23H24N2O6S/c26-21-19(32-23(28)25-21)12-15-6-8-17(9-7-15)31-20(18-14-29-11-10-24-18)22(27)30-13-16-4-2-1-3-5-16/h1-9,18-20,24H,10-14H2,(H,25,26,28)/t18-,19?,20?/m0/s1. The predicted octanol–water partition coefficient (Wildman–Crippen LogP) is 2.06. The van der Waals surface area contributed by atoms with Crippen molar-refractivity contribution in [3.05, 3.63) is 65.7 Å². The van der Waals surface area contributed by atoms with Crippen molar-refractivity contribution in [3.63, 3.8) is 0 Å². The summed E-state index contributed by atoms with van der Waals surface area (Å²) < 4.78 is 17.0. The smallest absolute Gasteiger partial charge is 0.349 e. The Morgan fingerprint density at radius 3 is 2.53 bits per heavy atom. The average molecular weight is 457 g/mol. The molecular formula is C23H24N2O6S. The number of benzene rings is 2. The molecule has 2 aliphatic heterocycles. The van der Waals surface area contributed by atoms with Crippen LogP contribution in [0.25, 0.3) is 0 Å². The third-order valence-corrected chi connectivity index (χ3v) is 6.13. The number of ether oxygens (including phenoxy) is 3. The summed E-state index contributed by atoms with van der Waals surface area (Å²) in [6, 6.07) is 16.3. The van der Waals surface area contributed by atoms with E-state index in [0.717, 1.165) is 22.9 Å². The Labute approximate surface area is 190 Å². The maximum absolute atomic E-state index is 12.9. The first-order valence-corrected chi connectivity index (χ1v) is 11.3. The van der Waals surface area contributed by atoms with Gasteiger partial charge in [-0.1, -0.05) is 54.2 Å². The third-order valence-electron chi connectivity index (χ3n) is 5.15. The number of thioether (sulfide) groups is 1. The van der Waals surface area contributed by atoms with Crippen LogP contribution in [0.4, 0.5) is 4.79 Å². The van der Waals surface area contributed by atoms with Crippen molar-refractivity contribution in [2.45, 2.75) is 30.4 Å². The number of morpholine rings is 1. The van der Waals surface area contributed by atoms with Crippen molar-refractivity contribution >= 4 is 28.9 Å². The number of nitrogens with one attached hydrogen (secondary N) is 2. The van der Waals surface area contributed by atoms with Gasteiger partial charge in [0.05, 0.1) is 24.5 Å². The van der Waals surface area contributed by atoms with Gasteiger partial charge < -0.3 is 19.5 Å². The molecule has 2 unspecified atom stereocenters. The van der Waals surface area contributed by atoms with Gasteiger partial charge in [-0.3, -0.25) is 14.9 Å². The second-order valence-electron chi connectivity index (χ2n) is 7.50. The van der Waals surface area contributed by atoms with Gasteiger partial charge in [0.15, 0.2) is 0 Å². The summed E-state index contributed by atoms with van der Waals surface area (Å²) in [6.45, 7) is 1.69. The first kappa shape index (κ1) is 22.3. The highest BCUT2D eigenvalue weighted by molar-refractivity contribution is 8.15. The molecule has 2 aliphatic rings. The summed E-state index contributed by atoms with van der Waals surface area (Å²) in [5.41, 5.74) is 1.78. The molecule has 2 aromatic carbocycles. The first-order valence-electron chi connectivity index (χ1n) is 10.4. The lowest BCUT2D eigenvalue weighted by atomic mass is 10.1. The van der Waals surface area contributed by atoms with Crippen LogP contribution >= 0.6 is 11.8 Å². The SMILES string of the molecule is O=C1NC(=O)C(Cc2ccc(OC(C(=O)OCc3ccccc3)[C@@H]3COCCN3)cc2)S1. The third kappa shape index (κ3) is 5.87. The maximum Gasteiger partial charge on any atom is 0.349 e. The quantitative estimate of drug-likeness (QED) is 0.582. The highest BCUT2D eigenvalue weighted by Gasteiger charge is 2.34. The number of esters is 1. The van der Waals surface area contributed by atoms with Crippen LogP contribution in [0, 0.1) is 0 Å². The summed E-state index contributed by atoms with van der Waals surface area (Å²) in [4.78, 5) is 36.0. The molecule has 8 nitrogen and oxygen atoms in total. The molecule has 2 saturated heterocycles. The molecule has 32 heavy (non-hydrogen) atoms. The second kappa shape index (κ2) is 10.6. The van der Waals surface area contributed by atoms with Crippen LogP contribution in [0.1, 0.15) is 11.1 Å². The van der Waals surface area contributed by atoms with Crippen LogP contribution in [0.2, 0.25) is 0 Å². The molecule has 0 aromatic heterocycles. The van der Waals surface area contributed by atoms with Gasteiger partial charge in [-0.15, -0.1) is 0 Å². The van der Waals surface area contributed by atoms with Gasteiger partial charge in [-0.25, -0.2) is 4.79 Å². The fraction of sp³-hybridized carbons (Fsp3) is 0.348. The normalized spacial score (nSPS) is 21.6. The maximum atomic E-state index is 12.9. The first-order chi connectivity index (χ1) is 15.6. The van der Waals surface area contributed by atoms with E-state index in [1.807, 2.05) is 42.5 Å². The molecule has 9 heteroatoms. The zero-order valence-electron chi connectivity index (χ0n) is 17.3. The summed E-state index contributed by atoms with van der Waals surface area (Å²) in [5.74, 6) is -0.245. The Balaban J connectivity index is 1.40.